The fourth-order valence-electron chi connectivity index (χ4n) is 1.67. The predicted molar refractivity (Wildman–Crippen MR) is 78.5 cm³/mol. The minimum absolute atomic E-state index is 0.0684. The number of carboxylic acid groups (broad SMARTS) is 1. The Kier molecular flexibility index (Phi) is 5.27. The highest BCUT2D eigenvalue weighted by Gasteiger charge is 2.27. The molecule has 1 aromatic carbocycles. The van der Waals surface area contributed by atoms with Crippen molar-refractivity contribution in [2.24, 2.45) is 11.1 Å². The van der Waals surface area contributed by atoms with E-state index in [1.54, 1.807) is 18.2 Å². The van der Waals surface area contributed by atoms with Gasteiger partial charge in [-0.1, -0.05) is 32.9 Å². The molecule has 20 heavy (non-hydrogen) atoms. The molecule has 0 aliphatic carbocycles. The van der Waals surface area contributed by atoms with Crippen LogP contribution in [0.1, 0.15) is 32.8 Å². The van der Waals surface area contributed by atoms with Gasteiger partial charge in [-0.2, -0.15) is 0 Å². The number of anilines is 1. The largest absolute Gasteiger partial charge is 0.481 e. The van der Waals surface area contributed by atoms with E-state index < -0.39 is 12.0 Å². The summed E-state index contributed by atoms with van der Waals surface area (Å²) in [6.07, 6.45) is 0.503. The number of hydrogen-bond donors (Lipinski definition) is 3. The molecular formula is C15H22N2O3. The third kappa shape index (κ3) is 5.01. The second kappa shape index (κ2) is 6.52. The Bertz CT molecular complexity index is 492. The zero-order valence-electron chi connectivity index (χ0n) is 12.1. The Morgan fingerprint density at radius 2 is 2.00 bits per heavy atom. The van der Waals surface area contributed by atoms with E-state index in [0.717, 1.165) is 5.56 Å². The van der Waals surface area contributed by atoms with Crippen LogP contribution < -0.4 is 11.1 Å². The molecule has 0 saturated heterocycles. The van der Waals surface area contributed by atoms with Gasteiger partial charge in [0, 0.05) is 12.1 Å². The van der Waals surface area contributed by atoms with Crippen LogP contribution in [0, 0.1) is 5.41 Å². The molecule has 5 heteroatoms. The quantitative estimate of drug-likeness (QED) is 0.768. The molecule has 0 heterocycles. The first-order chi connectivity index (χ1) is 9.20. The van der Waals surface area contributed by atoms with Crippen molar-refractivity contribution in [1.29, 1.82) is 0 Å². The lowest BCUT2D eigenvalue weighted by molar-refractivity contribution is -0.137. The summed E-state index contributed by atoms with van der Waals surface area (Å²) >= 11 is 0. The molecule has 0 unspecified atom stereocenters. The van der Waals surface area contributed by atoms with E-state index in [1.165, 1.54) is 0 Å². The minimum Gasteiger partial charge on any atom is -0.481 e. The van der Waals surface area contributed by atoms with Gasteiger partial charge in [-0.15, -0.1) is 0 Å². The number of aryl methyl sites for hydroxylation is 1. The van der Waals surface area contributed by atoms with Crippen molar-refractivity contribution in [3.63, 3.8) is 0 Å². The first-order valence-electron chi connectivity index (χ1n) is 6.57. The first kappa shape index (κ1) is 16.2. The molecule has 5 nitrogen and oxygen atoms in total. The molecule has 110 valence electrons. The van der Waals surface area contributed by atoms with E-state index in [-0.39, 0.29) is 17.7 Å². The van der Waals surface area contributed by atoms with Crippen molar-refractivity contribution in [3.05, 3.63) is 29.8 Å². The number of hydrogen-bond acceptors (Lipinski definition) is 3. The summed E-state index contributed by atoms with van der Waals surface area (Å²) in [6, 6.07) is 6.55. The molecule has 4 N–H and O–H groups in total. The van der Waals surface area contributed by atoms with Gasteiger partial charge < -0.3 is 16.2 Å². The number of aliphatic carboxylic acids is 1. The van der Waals surface area contributed by atoms with Crippen molar-refractivity contribution in [2.75, 3.05) is 5.32 Å². The highest BCUT2D eigenvalue weighted by molar-refractivity contribution is 5.95. The average molecular weight is 278 g/mol. The highest BCUT2D eigenvalue weighted by Crippen LogP contribution is 2.19. The maximum Gasteiger partial charge on any atom is 0.303 e. The van der Waals surface area contributed by atoms with Crippen LogP contribution in [0.15, 0.2) is 24.3 Å². The monoisotopic (exact) mass is 278 g/mol. The van der Waals surface area contributed by atoms with E-state index in [0.29, 0.717) is 12.1 Å². The molecule has 0 aliphatic heterocycles. The molecule has 1 rings (SSSR count). The molecule has 0 aromatic heterocycles. The van der Waals surface area contributed by atoms with Crippen LogP contribution >= 0.6 is 0 Å². The van der Waals surface area contributed by atoms with Crippen molar-refractivity contribution >= 4 is 17.6 Å². The number of benzene rings is 1. The molecule has 0 fully saturated rings. The smallest absolute Gasteiger partial charge is 0.303 e. The van der Waals surface area contributed by atoms with Crippen molar-refractivity contribution in [3.8, 4) is 0 Å². The topological polar surface area (TPSA) is 92.4 Å². The summed E-state index contributed by atoms with van der Waals surface area (Å²) < 4.78 is 0. The molecule has 0 radical (unpaired) electrons. The summed E-state index contributed by atoms with van der Waals surface area (Å²) in [4.78, 5) is 22.6. The molecule has 0 saturated carbocycles. The lowest BCUT2D eigenvalue weighted by atomic mass is 9.87. The lowest BCUT2D eigenvalue weighted by Crippen LogP contribution is -2.45. The van der Waals surface area contributed by atoms with Crippen LogP contribution in [0.3, 0.4) is 0 Å². The van der Waals surface area contributed by atoms with Crippen LogP contribution in [0.2, 0.25) is 0 Å². The van der Waals surface area contributed by atoms with Gasteiger partial charge in [-0.25, -0.2) is 0 Å². The number of carbonyl (C=O) groups excluding carboxylic acids is 1. The minimum atomic E-state index is -0.839. The fraction of sp³-hybridized carbons (Fsp3) is 0.467. The van der Waals surface area contributed by atoms with Gasteiger partial charge >= 0.3 is 5.97 Å². The number of carbonyl (C=O) groups is 2. The normalized spacial score (nSPS) is 12.8. The van der Waals surface area contributed by atoms with Crippen LogP contribution in [0.5, 0.6) is 0 Å². The van der Waals surface area contributed by atoms with Gasteiger partial charge in [0.25, 0.3) is 0 Å². The van der Waals surface area contributed by atoms with Gasteiger partial charge in [0.1, 0.15) is 0 Å². The summed E-state index contributed by atoms with van der Waals surface area (Å²) in [5.74, 6) is -1.08. The van der Waals surface area contributed by atoms with E-state index in [9.17, 15) is 9.59 Å². The molecule has 1 aromatic rings. The van der Waals surface area contributed by atoms with Crippen LogP contribution in [-0.2, 0) is 16.0 Å². The maximum absolute atomic E-state index is 12.0. The van der Waals surface area contributed by atoms with Crippen molar-refractivity contribution in [2.45, 2.75) is 39.7 Å². The second-order valence-electron chi connectivity index (χ2n) is 5.93. The molecule has 1 atom stereocenters. The van der Waals surface area contributed by atoms with Crippen molar-refractivity contribution < 1.29 is 14.7 Å². The third-order valence-electron chi connectivity index (χ3n) is 3.04. The standard InChI is InChI=1S/C15H22N2O3/c1-15(2,3)13(16)14(20)17-11-6-4-5-10(9-11)7-8-12(18)19/h4-6,9,13H,7-8,16H2,1-3H3,(H,17,20)(H,18,19)/t13-/m0/s1. The zero-order chi connectivity index (χ0) is 15.3. The Morgan fingerprint density at radius 3 is 2.55 bits per heavy atom. The van der Waals surface area contributed by atoms with Gasteiger partial charge in [-0.3, -0.25) is 9.59 Å². The van der Waals surface area contributed by atoms with Gasteiger partial charge in [0.2, 0.25) is 5.91 Å². The molecule has 0 aliphatic rings. The zero-order valence-corrected chi connectivity index (χ0v) is 12.1. The number of nitrogens with one attached hydrogen (secondary N) is 1. The molecular weight excluding hydrogens is 256 g/mol. The average Bonchev–Trinajstić information content (AvgIpc) is 2.34. The maximum atomic E-state index is 12.0. The Hall–Kier alpha value is -1.88. The van der Waals surface area contributed by atoms with E-state index in [1.807, 2.05) is 26.8 Å². The second-order valence-corrected chi connectivity index (χ2v) is 5.93. The fourth-order valence-corrected chi connectivity index (χ4v) is 1.67. The van der Waals surface area contributed by atoms with E-state index in [2.05, 4.69) is 5.32 Å². The Morgan fingerprint density at radius 1 is 1.35 bits per heavy atom. The number of carboxylic acids is 1. The lowest BCUT2D eigenvalue weighted by Gasteiger charge is -2.25. The van der Waals surface area contributed by atoms with E-state index >= 15 is 0 Å². The molecule has 1 amide bonds. The number of amides is 1. The summed E-state index contributed by atoms with van der Waals surface area (Å²) in [5.41, 5.74) is 7.08. The van der Waals surface area contributed by atoms with Crippen LogP contribution in [0.25, 0.3) is 0 Å². The van der Waals surface area contributed by atoms with Gasteiger partial charge in [0.15, 0.2) is 0 Å². The highest BCUT2D eigenvalue weighted by atomic mass is 16.4. The predicted octanol–water partition coefficient (Wildman–Crippen LogP) is 2.02. The third-order valence-corrected chi connectivity index (χ3v) is 3.04. The molecule has 0 bridgehead atoms. The van der Waals surface area contributed by atoms with Gasteiger partial charge in [0.05, 0.1) is 6.04 Å². The van der Waals surface area contributed by atoms with Crippen LogP contribution in [-0.4, -0.2) is 23.0 Å². The summed E-state index contributed by atoms with van der Waals surface area (Å²) in [5, 5.41) is 11.4. The van der Waals surface area contributed by atoms with Crippen molar-refractivity contribution in [1.82, 2.24) is 0 Å². The first-order valence-corrected chi connectivity index (χ1v) is 6.57. The summed E-state index contributed by atoms with van der Waals surface area (Å²) in [6.45, 7) is 5.71. The summed E-state index contributed by atoms with van der Waals surface area (Å²) in [7, 11) is 0. The van der Waals surface area contributed by atoms with Crippen LogP contribution in [0.4, 0.5) is 5.69 Å². The molecule has 0 spiro atoms. The van der Waals surface area contributed by atoms with Gasteiger partial charge in [-0.05, 0) is 29.5 Å². The Labute approximate surface area is 119 Å². The number of nitrogens with two attached hydrogens (primary N) is 1. The SMILES string of the molecule is CC(C)(C)[C@@H](N)C(=O)Nc1cccc(CCC(=O)O)c1. The van der Waals surface area contributed by atoms with E-state index in [4.69, 9.17) is 10.8 Å². The number of rotatable bonds is 5. The Balaban J connectivity index is 2.71.